The van der Waals surface area contributed by atoms with Crippen LogP contribution in [-0.2, 0) is 11.3 Å². The molecule has 1 N–H and O–H groups in total. The molecule has 4 heteroatoms. The summed E-state index contributed by atoms with van der Waals surface area (Å²) in [4.78, 5) is 0. The maximum Gasteiger partial charge on any atom is 0.0767 e. The third kappa shape index (κ3) is 4.96. The van der Waals surface area contributed by atoms with Gasteiger partial charge >= 0.3 is 0 Å². The molecular weight excluding hydrogens is 238 g/mol. The van der Waals surface area contributed by atoms with Gasteiger partial charge in [-0.15, -0.1) is 0 Å². The lowest BCUT2D eigenvalue weighted by Crippen LogP contribution is -2.33. The van der Waals surface area contributed by atoms with Crippen molar-refractivity contribution in [3.05, 3.63) is 18.0 Å². The molecule has 1 rings (SSSR count). The standard InChI is InChI=1S/C15H29N3O/c1-5-8-14(19-4)15(16-9-6-2)13-11-17-18(12-13)10-7-3/h11-12,14-16H,5-10H2,1-4H3. The number of hydrogen-bond donors (Lipinski definition) is 1. The van der Waals surface area contributed by atoms with E-state index in [0.29, 0.717) is 0 Å². The summed E-state index contributed by atoms with van der Waals surface area (Å²) in [6, 6.07) is 0.246. The highest BCUT2D eigenvalue weighted by Crippen LogP contribution is 2.22. The number of nitrogens with zero attached hydrogens (tertiary/aromatic N) is 2. The minimum Gasteiger partial charge on any atom is -0.379 e. The largest absolute Gasteiger partial charge is 0.379 e. The molecule has 0 aliphatic heterocycles. The first-order chi connectivity index (χ1) is 9.26. The van der Waals surface area contributed by atoms with Crippen LogP contribution in [0.5, 0.6) is 0 Å². The predicted molar refractivity (Wildman–Crippen MR) is 79.3 cm³/mol. The van der Waals surface area contributed by atoms with Crippen molar-refractivity contribution in [2.45, 2.75) is 65.1 Å². The third-order valence-electron chi connectivity index (χ3n) is 3.33. The first kappa shape index (κ1) is 16.2. The smallest absolute Gasteiger partial charge is 0.0767 e. The molecule has 19 heavy (non-hydrogen) atoms. The molecule has 0 aliphatic rings. The van der Waals surface area contributed by atoms with Crippen molar-refractivity contribution in [3.8, 4) is 0 Å². The Bertz CT molecular complexity index is 338. The van der Waals surface area contributed by atoms with Gasteiger partial charge < -0.3 is 10.1 Å². The van der Waals surface area contributed by atoms with Crippen LogP contribution < -0.4 is 5.32 Å². The quantitative estimate of drug-likeness (QED) is 0.708. The van der Waals surface area contributed by atoms with Crippen molar-refractivity contribution < 1.29 is 4.74 Å². The molecule has 2 unspecified atom stereocenters. The van der Waals surface area contributed by atoms with Crippen LogP contribution in [0.2, 0.25) is 0 Å². The normalized spacial score (nSPS) is 14.5. The summed E-state index contributed by atoms with van der Waals surface area (Å²) >= 11 is 0. The van der Waals surface area contributed by atoms with Crippen LogP contribution in [0.1, 0.15) is 58.1 Å². The molecule has 0 radical (unpaired) electrons. The molecule has 2 atom stereocenters. The predicted octanol–water partition coefficient (Wildman–Crippen LogP) is 3.15. The van der Waals surface area contributed by atoms with Crippen LogP contribution in [0.25, 0.3) is 0 Å². The Balaban J connectivity index is 2.80. The van der Waals surface area contributed by atoms with E-state index in [1.54, 1.807) is 7.11 Å². The van der Waals surface area contributed by atoms with Gasteiger partial charge in [-0.3, -0.25) is 4.68 Å². The first-order valence-electron chi connectivity index (χ1n) is 7.55. The molecular formula is C15H29N3O. The van der Waals surface area contributed by atoms with Crippen LogP contribution in [0.15, 0.2) is 12.4 Å². The van der Waals surface area contributed by atoms with Crippen molar-refractivity contribution in [2.75, 3.05) is 13.7 Å². The summed E-state index contributed by atoms with van der Waals surface area (Å²) in [6.07, 6.45) is 8.78. The maximum atomic E-state index is 5.67. The molecule has 0 saturated carbocycles. The maximum absolute atomic E-state index is 5.67. The molecule has 0 saturated heterocycles. The number of methoxy groups -OCH3 is 1. The van der Waals surface area contributed by atoms with Crippen molar-refractivity contribution >= 4 is 0 Å². The van der Waals surface area contributed by atoms with Gasteiger partial charge in [0.25, 0.3) is 0 Å². The lowest BCUT2D eigenvalue weighted by atomic mass is 10.0. The molecule has 4 nitrogen and oxygen atoms in total. The van der Waals surface area contributed by atoms with Crippen molar-refractivity contribution in [1.82, 2.24) is 15.1 Å². The number of nitrogens with one attached hydrogen (secondary N) is 1. The molecule has 110 valence electrons. The van der Waals surface area contributed by atoms with Gasteiger partial charge in [-0.2, -0.15) is 5.10 Å². The van der Waals surface area contributed by atoms with Gasteiger partial charge in [-0.25, -0.2) is 0 Å². The van der Waals surface area contributed by atoms with E-state index in [1.165, 1.54) is 5.56 Å². The van der Waals surface area contributed by atoms with E-state index < -0.39 is 0 Å². The number of aromatic nitrogens is 2. The average Bonchev–Trinajstić information content (AvgIpc) is 2.87. The van der Waals surface area contributed by atoms with Crippen molar-refractivity contribution in [3.63, 3.8) is 0 Å². The molecule has 0 bridgehead atoms. The minimum atomic E-state index is 0.218. The SMILES string of the molecule is CCCNC(c1cnn(CCC)c1)C(CCC)OC. The van der Waals surface area contributed by atoms with E-state index in [2.05, 4.69) is 37.4 Å². The molecule has 0 spiro atoms. The van der Waals surface area contributed by atoms with E-state index in [-0.39, 0.29) is 12.1 Å². The van der Waals surface area contributed by atoms with E-state index >= 15 is 0 Å². The average molecular weight is 267 g/mol. The summed E-state index contributed by atoms with van der Waals surface area (Å²) in [5.74, 6) is 0. The lowest BCUT2D eigenvalue weighted by molar-refractivity contribution is 0.0606. The Morgan fingerprint density at radius 1 is 1.26 bits per heavy atom. The van der Waals surface area contributed by atoms with E-state index in [0.717, 1.165) is 38.8 Å². The molecule has 0 fully saturated rings. The minimum absolute atomic E-state index is 0.218. The molecule has 1 aromatic rings. The lowest BCUT2D eigenvalue weighted by Gasteiger charge is -2.26. The van der Waals surface area contributed by atoms with E-state index in [9.17, 15) is 0 Å². The third-order valence-corrected chi connectivity index (χ3v) is 3.33. The number of rotatable bonds is 10. The van der Waals surface area contributed by atoms with E-state index in [4.69, 9.17) is 4.74 Å². The van der Waals surface area contributed by atoms with Gasteiger partial charge in [0, 0.05) is 25.4 Å². The first-order valence-corrected chi connectivity index (χ1v) is 7.55. The summed E-state index contributed by atoms with van der Waals surface area (Å²) in [7, 11) is 1.80. The monoisotopic (exact) mass is 267 g/mol. The summed E-state index contributed by atoms with van der Waals surface area (Å²) < 4.78 is 7.70. The Morgan fingerprint density at radius 2 is 2.05 bits per heavy atom. The zero-order valence-corrected chi connectivity index (χ0v) is 12.9. The van der Waals surface area contributed by atoms with Gasteiger partial charge in [-0.1, -0.05) is 27.2 Å². The van der Waals surface area contributed by atoms with Gasteiger partial charge in [-0.05, 0) is 25.8 Å². The van der Waals surface area contributed by atoms with Gasteiger partial charge in [0.2, 0.25) is 0 Å². The topological polar surface area (TPSA) is 39.1 Å². The number of ether oxygens (including phenoxy) is 1. The highest BCUT2D eigenvalue weighted by molar-refractivity contribution is 5.12. The van der Waals surface area contributed by atoms with Crippen LogP contribution in [0.3, 0.4) is 0 Å². The number of hydrogen-bond acceptors (Lipinski definition) is 3. The fourth-order valence-electron chi connectivity index (χ4n) is 2.36. The molecule has 1 aromatic heterocycles. The highest BCUT2D eigenvalue weighted by Gasteiger charge is 2.23. The Morgan fingerprint density at radius 3 is 2.63 bits per heavy atom. The molecule has 1 heterocycles. The Kier molecular flexibility index (Phi) is 7.75. The second kappa shape index (κ2) is 9.10. The van der Waals surface area contributed by atoms with Crippen molar-refractivity contribution in [2.24, 2.45) is 0 Å². The fraction of sp³-hybridized carbons (Fsp3) is 0.800. The van der Waals surface area contributed by atoms with Crippen LogP contribution >= 0.6 is 0 Å². The van der Waals surface area contributed by atoms with Crippen LogP contribution in [0.4, 0.5) is 0 Å². The number of aryl methyl sites for hydroxylation is 1. The van der Waals surface area contributed by atoms with Crippen LogP contribution in [-0.4, -0.2) is 29.5 Å². The van der Waals surface area contributed by atoms with Crippen molar-refractivity contribution in [1.29, 1.82) is 0 Å². The second-order valence-corrected chi connectivity index (χ2v) is 5.03. The summed E-state index contributed by atoms with van der Waals surface area (Å²) in [6.45, 7) is 8.54. The molecule has 0 amide bonds. The van der Waals surface area contributed by atoms with Crippen LogP contribution in [0, 0.1) is 0 Å². The second-order valence-electron chi connectivity index (χ2n) is 5.03. The fourth-order valence-corrected chi connectivity index (χ4v) is 2.36. The Labute approximate surface area is 117 Å². The summed E-state index contributed by atoms with van der Waals surface area (Å²) in [5, 5.41) is 8.03. The molecule has 0 aliphatic carbocycles. The van der Waals surface area contributed by atoms with E-state index in [1.807, 2.05) is 10.9 Å². The van der Waals surface area contributed by atoms with Gasteiger partial charge in [0.05, 0.1) is 18.3 Å². The van der Waals surface area contributed by atoms with Gasteiger partial charge in [0.1, 0.15) is 0 Å². The summed E-state index contributed by atoms with van der Waals surface area (Å²) in [5.41, 5.74) is 1.24. The highest BCUT2D eigenvalue weighted by atomic mass is 16.5. The molecule has 0 aromatic carbocycles. The zero-order chi connectivity index (χ0) is 14.1. The van der Waals surface area contributed by atoms with Gasteiger partial charge in [0.15, 0.2) is 0 Å². The Hall–Kier alpha value is -0.870. The zero-order valence-electron chi connectivity index (χ0n) is 12.9.